The third-order valence-corrected chi connectivity index (χ3v) is 4.22. The third kappa shape index (κ3) is 3.08. The molecule has 2 amide bonds. The average molecular weight is 372 g/mol. The van der Waals surface area contributed by atoms with Crippen molar-refractivity contribution in [1.82, 2.24) is 5.32 Å². The van der Waals surface area contributed by atoms with Gasteiger partial charge in [0.25, 0.3) is 0 Å². The first-order chi connectivity index (χ1) is 9.02. The number of benzene rings is 1. The molecule has 2 unspecified atom stereocenters. The van der Waals surface area contributed by atoms with Gasteiger partial charge in [-0.15, -0.1) is 0 Å². The van der Waals surface area contributed by atoms with Crippen LogP contribution in [0.3, 0.4) is 0 Å². The van der Waals surface area contributed by atoms with Gasteiger partial charge in [0.05, 0.1) is 0 Å². The Balaban J connectivity index is 2.27. The maximum Gasteiger partial charge on any atom is 0.250 e. The maximum atomic E-state index is 12.5. The Bertz CT molecular complexity index is 487. The molecule has 1 aliphatic heterocycles. The predicted octanol–water partition coefficient (Wildman–Crippen LogP) is 2.17. The van der Waals surface area contributed by atoms with E-state index in [2.05, 4.69) is 27.9 Å². The normalized spacial score (nSPS) is 21.2. The van der Waals surface area contributed by atoms with Gasteiger partial charge in [-0.05, 0) is 52.8 Å². The zero-order valence-electron chi connectivity index (χ0n) is 11.0. The number of amides is 2. The zero-order valence-corrected chi connectivity index (χ0v) is 13.2. The summed E-state index contributed by atoms with van der Waals surface area (Å²) >= 11 is 2.21. The molecule has 1 fully saturated rings. The highest BCUT2D eigenvalue weighted by Gasteiger charge is 2.36. The average Bonchev–Trinajstić information content (AvgIpc) is 2.41. The first-order valence-electron chi connectivity index (χ1n) is 6.39. The van der Waals surface area contributed by atoms with Crippen LogP contribution in [0, 0.1) is 9.49 Å². The lowest BCUT2D eigenvalue weighted by atomic mass is 9.96. The lowest BCUT2D eigenvalue weighted by molar-refractivity contribution is -0.132. The summed E-state index contributed by atoms with van der Waals surface area (Å²) < 4.78 is 1.11. The van der Waals surface area contributed by atoms with Gasteiger partial charge in [0.2, 0.25) is 11.8 Å². The number of halogens is 1. The van der Waals surface area contributed by atoms with Crippen molar-refractivity contribution >= 4 is 40.1 Å². The lowest BCUT2D eigenvalue weighted by Crippen LogP contribution is -2.60. The van der Waals surface area contributed by atoms with Crippen LogP contribution in [-0.4, -0.2) is 24.4 Å². The fraction of sp³-hybridized carbons (Fsp3) is 0.429. The van der Waals surface area contributed by atoms with E-state index in [0.717, 1.165) is 15.7 Å². The highest BCUT2D eigenvalue weighted by atomic mass is 127. The molecule has 0 aromatic heterocycles. The predicted molar refractivity (Wildman–Crippen MR) is 82.9 cm³/mol. The molecule has 1 aromatic carbocycles. The van der Waals surface area contributed by atoms with Crippen molar-refractivity contribution in [3.8, 4) is 0 Å². The van der Waals surface area contributed by atoms with Gasteiger partial charge in [-0.1, -0.05) is 20.3 Å². The number of carbonyl (C=O) groups excluding carboxylic acids is 2. The Labute approximate surface area is 126 Å². The van der Waals surface area contributed by atoms with Crippen molar-refractivity contribution in [2.75, 3.05) is 11.4 Å². The number of anilines is 1. The number of carbonyl (C=O) groups is 2. The molecule has 0 saturated carbocycles. The molecule has 1 N–H and O–H groups in total. The van der Waals surface area contributed by atoms with Crippen LogP contribution in [-0.2, 0) is 9.59 Å². The minimum atomic E-state index is -0.412. The summed E-state index contributed by atoms with van der Waals surface area (Å²) in [7, 11) is 0. The molecule has 1 saturated heterocycles. The van der Waals surface area contributed by atoms with Crippen LogP contribution in [0.1, 0.15) is 20.3 Å². The van der Waals surface area contributed by atoms with Crippen LogP contribution in [0.4, 0.5) is 5.69 Å². The van der Waals surface area contributed by atoms with Gasteiger partial charge in [0.1, 0.15) is 12.6 Å². The van der Waals surface area contributed by atoms with Crippen molar-refractivity contribution < 1.29 is 9.59 Å². The Morgan fingerprint density at radius 1 is 1.37 bits per heavy atom. The number of rotatable bonds is 3. The second-order valence-corrected chi connectivity index (χ2v) is 6.08. The molecule has 1 heterocycles. The van der Waals surface area contributed by atoms with Crippen molar-refractivity contribution in [1.29, 1.82) is 0 Å². The summed E-state index contributed by atoms with van der Waals surface area (Å²) in [6.45, 7) is 4.11. The third-order valence-electron chi connectivity index (χ3n) is 3.50. The number of hydrogen-bond acceptors (Lipinski definition) is 2. The Morgan fingerprint density at radius 2 is 2.00 bits per heavy atom. The molecule has 0 spiro atoms. The fourth-order valence-electron chi connectivity index (χ4n) is 2.13. The number of piperazine rings is 1. The largest absolute Gasteiger partial charge is 0.342 e. The molecule has 0 radical (unpaired) electrons. The molecule has 1 aliphatic rings. The quantitative estimate of drug-likeness (QED) is 0.827. The standard InChI is InChI=1S/C14H17IN2O2/c1-3-9(2)13-14(19)17(8-12(18)16-13)11-6-4-10(15)5-7-11/h4-7,9,13H,3,8H2,1-2H3,(H,16,18). The SMILES string of the molecule is CCC(C)C1NC(=O)CN(c2ccc(I)cc2)C1=O. The summed E-state index contributed by atoms with van der Waals surface area (Å²) in [5, 5.41) is 2.80. The molecule has 0 bridgehead atoms. The van der Waals surface area contributed by atoms with Crippen LogP contribution in [0.5, 0.6) is 0 Å². The Hall–Kier alpha value is -1.11. The minimum Gasteiger partial charge on any atom is -0.342 e. The summed E-state index contributed by atoms with van der Waals surface area (Å²) in [5.41, 5.74) is 0.786. The smallest absolute Gasteiger partial charge is 0.250 e. The van der Waals surface area contributed by atoms with E-state index in [1.54, 1.807) is 4.90 Å². The first kappa shape index (κ1) is 14.3. The van der Waals surface area contributed by atoms with Crippen LogP contribution in [0.15, 0.2) is 24.3 Å². The number of nitrogens with one attached hydrogen (secondary N) is 1. The van der Waals surface area contributed by atoms with E-state index in [4.69, 9.17) is 0 Å². The molecule has 19 heavy (non-hydrogen) atoms. The molecule has 4 nitrogen and oxygen atoms in total. The number of nitrogens with zero attached hydrogens (tertiary/aromatic N) is 1. The molecule has 2 rings (SSSR count). The monoisotopic (exact) mass is 372 g/mol. The van der Waals surface area contributed by atoms with E-state index in [1.807, 2.05) is 38.1 Å². The summed E-state index contributed by atoms with van der Waals surface area (Å²) in [4.78, 5) is 25.8. The highest BCUT2D eigenvalue weighted by molar-refractivity contribution is 14.1. The van der Waals surface area contributed by atoms with Gasteiger partial charge in [0, 0.05) is 9.26 Å². The second-order valence-electron chi connectivity index (χ2n) is 4.83. The second kappa shape index (κ2) is 5.90. The van der Waals surface area contributed by atoms with E-state index in [1.165, 1.54) is 0 Å². The molecular formula is C14H17IN2O2. The van der Waals surface area contributed by atoms with Gasteiger partial charge in [-0.25, -0.2) is 0 Å². The van der Waals surface area contributed by atoms with Gasteiger partial charge < -0.3 is 10.2 Å². The van der Waals surface area contributed by atoms with Crippen LogP contribution < -0.4 is 10.2 Å². The van der Waals surface area contributed by atoms with Crippen molar-refractivity contribution in [2.24, 2.45) is 5.92 Å². The summed E-state index contributed by atoms with van der Waals surface area (Å²) in [5.74, 6) is 0.0294. The topological polar surface area (TPSA) is 49.4 Å². The van der Waals surface area contributed by atoms with Crippen molar-refractivity contribution in [3.63, 3.8) is 0 Å². The van der Waals surface area contributed by atoms with E-state index < -0.39 is 6.04 Å². The van der Waals surface area contributed by atoms with E-state index >= 15 is 0 Å². The van der Waals surface area contributed by atoms with Crippen LogP contribution >= 0.6 is 22.6 Å². The molecule has 5 heteroatoms. The van der Waals surface area contributed by atoms with E-state index in [9.17, 15) is 9.59 Å². The van der Waals surface area contributed by atoms with Crippen LogP contribution in [0.2, 0.25) is 0 Å². The van der Waals surface area contributed by atoms with Gasteiger partial charge in [-0.3, -0.25) is 9.59 Å². The minimum absolute atomic E-state index is 0.0184. The van der Waals surface area contributed by atoms with E-state index in [0.29, 0.717) is 0 Å². The van der Waals surface area contributed by atoms with Gasteiger partial charge in [0.15, 0.2) is 0 Å². The van der Waals surface area contributed by atoms with E-state index in [-0.39, 0.29) is 24.3 Å². The van der Waals surface area contributed by atoms with Crippen molar-refractivity contribution in [2.45, 2.75) is 26.3 Å². The summed E-state index contributed by atoms with van der Waals surface area (Å²) in [6, 6.07) is 7.23. The number of hydrogen-bond donors (Lipinski definition) is 1. The first-order valence-corrected chi connectivity index (χ1v) is 7.47. The maximum absolute atomic E-state index is 12.5. The molecule has 102 valence electrons. The lowest BCUT2D eigenvalue weighted by Gasteiger charge is -2.35. The molecule has 1 aromatic rings. The van der Waals surface area contributed by atoms with Gasteiger partial charge >= 0.3 is 0 Å². The Morgan fingerprint density at radius 3 is 2.58 bits per heavy atom. The van der Waals surface area contributed by atoms with Crippen molar-refractivity contribution in [3.05, 3.63) is 27.8 Å². The zero-order chi connectivity index (χ0) is 14.0. The fourth-order valence-corrected chi connectivity index (χ4v) is 2.49. The van der Waals surface area contributed by atoms with Crippen LogP contribution in [0.25, 0.3) is 0 Å². The molecular weight excluding hydrogens is 355 g/mol. The highest BCUT2D eigenvalue weighted by Crippen LogP contribution is 2.22. The van der Waals surface area contributed by atoms with Gasteiger partial charge in [-0.2, -0.15) is 0 Å². The Kier molecular flexibility index (Phi) is 4.44. The summed E-state index contributed by atoms with van der Waals surface area (Å²) in [6.07, 6.45) is 0.858. The molecule has 2 atom stereocenters. The molecule has 0 aliphatic carbocycles.